The number of rotatable bonds is 4. The largest absolute Gasteiger partial charge is 0.472 e. The first kappa shape index (κ1) is 22.1. The topological polar surface area (TPSA) is 107 Å². The predicted molar refractivity (Wildman–Crippen MR) is 109 cm³/mol. The Hall–Kier alpha value is -3.15. The summed E-state index contributed by atoms with van der Waals surface area (Å²) in [4.78, 5) is 27.7. The van der Waals surface area contributed by atoms with Crippen molar-refractivity contribution in [3.8, 4) is 17.1 Å². The van der Waals surface area contributed by atoms with Crippen LogP contribution in [0.15, 0.2) is 18.3 Å². The van der Waals surface area contributed by atoms with Gasteiger partial charge in [-0.3, -0.25) is 4.79 Å². The number of hydrogen-bond donors (Lipinski definition) is 1. The second-order valence-electron chi connectivity index (χ2n) is 7.64. The number of alkyl halides is 3. The van der Waals surface area contributed by atoms with E-state index >= 15 is 0 Å². The molecule has 1 atom stereocenters. The third-order valence-electron chi connectivity index (χ3n) is 5.37. The van der Waals surface area contributed by atoms with Gasteiger partial charge in [0.1, 0.15) is 11.9 Å². The molecule has 172 valence electrons. The summed E-state index contributed by atoms with van der Waals surface area (Å²) in [5.41, 5.74) is 4.37. The highest BCUT2D eigenvalue weighted by Gasteiger charge is 2.35. The van der Waals surface area contributed by atoms with Crippen LogP contribution in [0.3, 0.4) is 0 Å². The minimum atomic E-state index is -4.65. The smallest absolute Gasteiger partial charge is 0.417 e. The van der Waals surface area contributed by atoms with Crippen LogP contribution < -0.4 is 15.4 Å². The molecule has 0 saturated carbocycles. The Morgan fingerprint density at radius 1 is 1.22 bits per heavy atom. The predicted octanol–water partition coefficient (Wildman–Crippen LogP) is 1.98. The molecule has 0 unspecified atom stereocenters. The Kier molecular flexibility index (Phi) is 6.04. The zero-order valence-corrected chi connectivity index (χ0v) is 17.4. The molecule has 2 aliphatic heterocycles. The summed E-state index contributed by atoms with van der Waals surface area (Å²) in [7, 11) is 0. The number of nitrogens with two attached hydrogens (primary N) is 1. The molecule has 4 rings (SSSR count). The fourth-order valence-electron chi connectivity index (χ4n) is 3.71. The van der Waals surface area contributed by atoms with Crippen molar-refractivity contribution in [2.45, 2.75) is 25.6 Å². The summed E-state index contributed by atoms with van der Waals surface area (Å²) in [5.74, 6) is 0.0792. The molecular weight excluding hydrogens is 429 g/mol. The second-order valence-corrected chi connectivity index (χ2v) is 7.64. The van der Waals surface area contributed by atoms with Gasteiger partial charge in [0, 0.05) is 50.8 Å². The Morgan fingerprint density at radius 2 is 1.97 bits per heavy atom. The number of carbonyl (C=O) groups is 1. The van der Waals surface area contributed by atoms with E-state index in [0.29, 0.717) is 45.8 Å². The third-order valence-corrected chi connectivity index (χ3v) is 5.37. The van der Waals surface area contributed by atoms with Crippen LogP contribution in [-0.4, -0.2) is 71.3 Å². The number of hydrogen-bond acceptors (Lipinski definition) is 8. The molecular formula is C20H23F3N6O3. The van der Waals surface area contributed by atoms with Crippen LogP contribution in [0.4, 0.5) is 24.9 Å². The van der Waals surface area contributed by atoms with Crippen LogP contribution in [0, 0.1) is 0 Å². The number of likely N-dealkylation sites (tertiary alicyclic amines) is 1. The first-order valence-electron chi connectivity index (χ1n) is 10.2. The number of carbonyl (C=O) groups excluding carboxylic acids is 1. The Labute approximate surface area is 182 Å². The lowest BCUT2D eigenvalue weighted by Gasteiger charge is -2.27. The number of morpholine rings is 1. The summed E-state index contributed by atoms with van der Waals surface area (Å²) in [5, 5.41) is 0. The maximum Gasteiger partial charge on any atom is 0.417 e. The Bertz CT molecular complexity index is 997. The van der Waals surface area contributed by atoms with E-state index in [2.05, 4.69) is 15.0 Å². The normalized spacial score (nSPS) is 19.3. The summed E-state index contributed by atoms with van der Waals surface area (Å²) in [6.07, 6.45) is -3.31. The molecule has 2 aliphatic rings. The highest BCUT2D eigenvalue weighted by atomic mass is 19.4. The fraction of sp³-hybridized carbons (Fsp3) is 0.500. The van der Waals surface area contributed by atoms with Gasteiger partial charge in [-0.05, 0) is 6.07 Å². The molecule has 2 aromatic rings. The van der Waals surface area contributed by atoms with Crippen LogP contribution in [0.5, 0.6) is 5.88 Å². The Balaban J connectivity index is 1.72. The number of nitrogen functional groups attached to an aromatic ring is 1. The maximum atomic E-state index is 13.7. The minimum absolute atomic E-state index is 0.0257. The van der Waals surface area contributed by atoms with E-state index in [0.717, 1.165) is 12.3 Å². The van der Waals surface area contributed by atoms with Crippen molar-refractivity contribution in [3.63, 3.8) is 0 Å². The van der Waals surface area contributed by atoms with Crippen molar-refractivity contribution in [2.75, 3.05) is 50.0 Å². The number of amides is 1. The summed E-state index contributed by atoms with van der Waals surface area (Å²) >= 11 is 0. The van der Waals surface area contributed by atoms with E-state index in [1.807, 2.05) is 4.90 Å². The average molecular weight is 452 g/mol. The zero-order chi connectivity index (χ0) is 22.9. The molecule has 2 fully saturated rings. The zero-order valence-electron chi connectivity index (χ0n) is 17.4. The minimum Gasteiger partial charge on any atom is -0.472 e. The van der Waals surface area contributed by atoms with Crippen molar-refractivity contribution >= 4 is 17.7 Å². The number of halogens is 3. The van der Waals surface area contributed by atoms with Crippen LogP contribution >= 0.6 is 0 Å². The van der Waals surface area contributed by atoms with Gasteiger partial charge in [0.2, 0.25) is 17.7 Å². The number of aromatic nitrogens is 3. The lowest BCUT2D eigenvalue weighted by Crippen LogP contribution is -2.37. The lowest BCUT2D eigenvalue weighted by atomic mass is 10.1. The van der Waals surface area contributed by atoms with Crippen molar-refractivity contribution < 1.29 is 27.4 Å². The molecule has 2 saturated heterocycles. The van der Waals surface area contributed by atoms with Crippen LogP contribution in [0.25, 0.3) is 11.3 Å². The van der Waals surface area contributed by atoms with E-state index in [-0.39, 0.29) is 40.9 Å². The van der Waals surface area contributed by atoms with Gasteiger partial charge >= 0.3 is 6.18 Å². The number of ether oxygens (including phenoxy) is 2. The summed E-state index contributed by atoms with van der Waals surface area (Å²) in [6, 6.07) is 2.15. The van der Waals surface area contributed by atoms with E-state index in [9.17, 15) is 18.0 Å². The van der Waals surface area contributed by atoms with Gasteiger partial charge in [-0.25, -0.2) is 9.97 Å². The van der Waals surface area contributed by atoms with E-state index in [1.165, 1.54) is 13.0 Å². The van der Waals surface area contributed by atoms with Gasteiger partial charge in [0.15, 0.2) is 0 Å². The second kappa shape index (κ2) is 8.77. The highest BCUT2D eigenvalue weighted by Crippen LogP contribution is 2.38. The quantitative estimate of drug-likeness (QED) is 0.751. The third kappa shape index (κ3) is 4.85. The van der Waals surface area contributed by atoms with Gasteiger partial charge in [-0.2, -0.15) is 18.2 Å². The first-order chi connectivity index (χ1) is 15.2. The Morgan fingerprint density at radius 3 is 2.62 bits per heavy atom. The molecule has 0 aromatic carbocycles. The van der Waals surface area contributed by atoms with Crippen molar-refractivity contribution in [1.29, 1.82) is 0 Å². The van der Waals surface area contributed by atoms with E-state index in [1.54, 1.807) is 4.90 Å². The first-order valence-corrected chi connectivity index (χ1v) is 10.2. The maximum absolute atomic E-state index is 13.7. The fourth-order valence-corrected chi connectivity index (χ4v) is 3.71. The van der Waals surface area contributed by atoms with Gasteiger partial charge < -0.3 is 25.0 Å². The molecule has 0 aliphatic carbocycles. The number of pyridine rings is 1. The number of anilines is 2. The molecule has 0 bridgehead atoms. The average Bonchev–Trinajstić information content (AvgIpc) is 3.22. The molecule has 2 aromatic heterocycles. The van der Waals surface area contributed by atoms with Gasteiger partial charge in [0.05, 0.1) is 31.0 Å². The van der Waals surface area contributed by atoms with Gasteiger partial charge in [-0.1, -0.05) is 0 Å². The van der Waals surface area contributed by atoms with Crippen molar-refractivity contribution in [1.82, 2.24) is 19.9 Å². The lowest BCUT2D eigenvalue weighted by molar-refractivity contribution is -0.137. The van der Waals surface area contributed by atoms with Crippen molar-refractivity contribution in [3.05, 3.63) is 23.9 Å². The van der Waals surface area contributed by atoms with Gasteiger partial charge in [-0.15, -0.1) is 0 Å². The molecule has 0 spiro atoms. The monoisotopic (exact) mass is 452 g/mol. The highest BCUT2D eigenvalue weighted by molar-refractivity contribution is 5.73. The summed E-state index contributed by atoms with van der Waals surface area (Å²) < 4.78 is 52.4. The molecule has 0 radical (unpaired) electrons. The summed E-state index contributed by atoms with van der Waals surface area (Å²) in [6.45, 7) is 4.32. The van der Waals surface area contributed by atoms with Crippen LogP contribution in [0.2, 0.25) is 0 Å². The molecule has 12 heteroatoms. The SMILES string of the molecule is CC(=O)N1CC[C@H](Oc2cc(-c3cnc(N)cc3C(F)(F)F)nc(N3CCOCC3)n2)C1. The van der Waals surface area contributed by atoms with Crippen LogP contribution in [-0.2, 0) is 15.7 Å². The molecule has 2 N–H and O–H groups in total. The molecule has 32 heavy (non-hydrogen) atoms. The number of nitrogens with zero attached hydrogens (tertiary/aromatic N) is 5. The van der Waals surface area contributed by atoms with E-state index < -0.39 is 11.7 Å². The van der Waals surface area contributed by atoms with Crippen LogP contribution in [0.1, 0.15) is 18.9 Å². The molecule has 4 heterocycles. The standard InChI is InChI=1S/C20H23F3N6O3/c1-12(30)29-3-2-13(11-29)32-18-9-16(26-19(27-18)28-4-6-31-7-5-28)14-10-25-17(24)8-15(14)20(21,22)23/h8-10,13H,2-7,11H2,1H3,(H2,24,25)/t13-/m0/s1. The van der Waals surface area contributed by atoms with Gasteiger partial charge in [0.25, 0.3) is 0 Å². The molecule has 1 amide bonds. The van der Waals surface area contributed by atoms with Crippen molar-refractivity contribution in [2.24, 2.45) is 0 Å². The molecule has 9 nitrogen and oxygen atoms in total. The van der Waals surface area contributed by atoms with E-state index in [4.69, 9.17) is 15.2 Å².